The fourth-order valence-electron chi connectivity index (χ4n) is 1.78. The third kappa shape index (κ3) is 9.14. The quantitative estimate of drug-likeness (QED) is 0.241. The number of unbranched alkanes of at least 4 members (excludes halogenated alkanes) is 1. The Kier molecular flexibility index (Phi) is 11.5. The molecule has 0 unspecified atom stereocenters. The van der Waals surface area contributed by atoms with Gasteiger partial charge < -0.3 is 16.0 Å². The van der Waals surface area contributed by atoms with E-state index in [1.807, 2.05) is 0 Å². The zero-order valence-electron chi connectivity index (χ0n) is 13.9. The summed E-state index contributed by atoms with van der Waals surface area (Å²) in [6.07, 6.45) is -0.525. The van der Waals surface area contributed by atoms with Gasteiger partial charge in [-0.1, -0.05) is 13.3 Å². The highest BCUT2D eigenvalue weighted by atomic mass is 127. The molecule has 3 N–H and O–H groups in total. The van der Waals surface area contributed by atoms with Gasteiger partial charge >= 0.3 is 6.18 Å². The molecule has 0 atom stereocenters. The van der Waals surface area contributed by atoms with Gasteiger partial charge in [0.25, 0.3) is 0 Å². The minimum Gasteiger partial charge on any atom is -0.370 e. The van der Waals surface area contributed by atoms with Crippen LogP contribution in [-0.2, 0) is 6.18 Å². The standard InChI is InChI=1S/C15H24F3N5.HI/c1-3-4-8-21-14(19-2)22-10-5-9-20-13-7-6-12(11-23-13)15(16,17)18;/h6-7,11H,3-5,8-10H2,1-2H3,(H,20,23)(H2,19,21,22);1H. The number of halogens is 4. The summed E-state index contributed by atoms with van der Waals surface area (Å²) in [4.78, 5) is 7.86. The molecular weight excluding hydrogens is 434 g/mol. The summed E-state index contributed by atoms with van der Waals surface area (Å²) in [5.41, 5.74) is -0.744. The predicted octanol–water partition coefficient (Wildman–Crippen LogP) is 3.49. The van der Waals surface area contributed by atoms with E-state index in [0.717, 1.165) is 44.0 Å². The highest BCUT2D eigenvalue weighted by Gasteiger charge is 2.30. The Morgan fingerprint density at radius 3 is 2.29 bits per heavy atom. The Balaban J connectivity index is 0.00000529. The molecule has 24 heavy (non-hydrogen) atoms. The molecule has 0 saturated heterocycles. The van der Waals surface area contributed by atoms with Crippen LogP contribution in [0.2, 0.25) is 0 Å². The summed E-state index contributed by atoms with van der Waals surface area (Å²) < 4.78 is 37.2. The van der Waals surface area contributed by atoms with Gasteiger partial charge in [0.2, 0.25) is 0 Å². The molecule has 9 heteroatoms. The monoisotopic (exact) mass is 459 g/mol. The number of rotatable bonds is 8. The summed E-state index contributed by atoms with van der Waals surface area (Å²) in [7, 11) is 1.71. The Morgan fingerprint density at radius 2 is 1.79 bits per heavy atom. The van der Waals surface area contributed by atoms with E-state index < -0.39 is 11.7 Å². The minimum atomic E-state index is -4.35. The van der Waals surface area contributed by atoms with Crippen LogP contribution in [0.4, 0.5) is 19.0 Å². The maximum Gasteiger partial charge on any atom is 0.417 e. The smallest absolute Gasteiger partial charge is 0.370 e. The number of guanidine groups is 1. The van der Waals surface area contributed by atoms with Crippen molar-refractivity contribution in [2.75, 3.05) is 32.0 Å². The van der Waals surface area contributed by atoms with Crippen molar-refractivity contribution >= 4 is 35.8 Å². The van der Waals surface area contributed by atoms with E-state index in [-0.39, 0.29) is 24.0 Å². The number of alkyl halides is 3. The molecule has 0 aliphatic rings. The molecule has 0 bridgehead atoms. The first-order valence-corrected chi connectivity index (χ1v) is 7.69. The lowest BCUT2D eigenvalue weighted by atomic mass is 10.3. The van der Waals surface area contributed by atoms with Crippen LogP contribution in [0.5, 0.6) is 0 Å². The highest BCUT2D eigenvalue weighted by molar-refractivity contribution is 14.0. The number of aliphatic imine (C=N–C) groups is 1. The van der Waals surface area contributed by atoms with Crippen molar-refractivity contribution in [1.29, 1.82) is 0 Å². The van der Waals surface area contributed by atoms with Gasteiger partial charge in [0.15, 0.2) is 5.96 Å². The number of anilines is 1. The summed E-state index contributed by atoms with van der Waals surface area (Å²) in [6.45, 7) is 4.32. The van der Waals surface area contributed by atoms with Crippen LogP contribution >= 0.6 is 24.0 Å². The van der Waals surface area contributed by atoms with Gasteiger partial charge in [-0.25, -0.2) is 4.98 Å². The molecule has 0 spiro atoms. The Bertz CT molecular complexity index is 477. The average molecular weight is 459 g/mol. The third-order valence-corrected chi connectivity index (χ3v) is 3.09. The lowest BCUT2D eigenvalue weighted by Crippen LogP contribution is -2.38. The van der Waals surface area contributed by atoms with E-state index in [2.05, 4.69) is 32.9 Å². The zero-order valence-corrected chi connectivity index (χ0v) is 16.2. The van der Waals surface area contributed by atoms with Gasteiger partial charge in [0.05, 0.1) is 5.56 Å². The van der Waals surface area contributed by atoms with Crippen LogP contribution in [0.25, 0.3) is 0 Å². The van der Waals surface area contributed by atoms with Crippen molar-refractivity contribution in [2.45, 2.75) is 32.4 Å². The molecule has 5 nitrogen and oxygen atoms in total. The molecule has 0 fully saturated rings. The lowest BCUT2D eigenvalue weighted by molar-refractivity contribution is -0.137. The summed E-state index contributed by atoms with van der Waals surface area (Å²) in [6, 6.07) is 2.36. The Labute approximate surface area is 157 Å². The van der Waals surface area contributed by atoms with Gasteiger partial charge in [-0.3, -0.25) is 4.99 Å². The molecule has 1 aromatic heterocycles. The molecule has 0 radical (unpaired) electrons. The number of aromatic nitrogens is 1. The van der Waals surface area contributed by atoms with Crippen LogP contribution in [-0.4, -0.2) is 37.6 Å². The molecule has 1 aromatic rings. The van der Waals surface area contributed by atoms with E-state index in [4.69, 9.17) is 0 Å². The first kappa shape index (κ1) is 22.7. The second kappa shape index (κ2) is 12.2. The van der Waals surface area contributed by atoms with Gasteiger partial charge in [-0.2, -0.15) is 13.2 Å². The van der Waals surface area contributed by atoms with Gasteiger partial charge in [-0.15, -0.1) is 24.0 Å². The van der Waals surface area contributed by atoms with E-state index in [9.17, 15) is 13.2 Å². The molecule has 0 amide bonds. The topological polar surface area (TPSA) is 61.3 Å². The fraction of sp³-hybridized carbons (Fsp3) is 0.600. The van der Waals surface area contributed by atoms with Crippen molar-refractivity contribution in [2.24, 2.45) is 4.99 Å². The van der Waals surface area contributed by atoms with Crippen molar-refractivity contribution in [1.82, 2.24) is 15.6 Å². The number of hydrogen-bond acceptors (Lipinski definition) is 3. The molecule has 0 aliphatic heterocycles. The second-order valence-corrected chi connectivity index (χ2v) is 4.99. The lowest BCUT2D eigenvalue weighted by Gasteiger charge is -2.12. The fourth-order valence-corrected chi connectivity index (χ4v) is 1.78. The summed E-state index contributed by atoms with van der Waals surface area (Å²) in [5, 5.41) is 9.36. The van der Waals surface area contributed by atoms with Crippen LogP contribution in [0.1, 0.15) is 31.7 Å². The van der Waals surface area contributed by atoms with Crippen molar-refractivity contribution < 1.29 is 13.2 Å². The van der Waals surface area contributed by atoms with Crippen LogP contribution in [0.15, 0.2) is 23.3 Å². The van der Waals surface area contributed by atoms with E-state index in [1.165, 1.54) is 6.07 Å². The summed E-state index contributed by atoms with van der Waals surface area (Å²) in [5.74, 6) is 1.19. The van der Waals surface area contributed by atoms with Gasteiger partial charge in [-0.05, 0) is 25.0 Å². The number of hydrogen-bond donors (Lipinski definition) is 3. The number of nitrogens with one attached hydrogen (secondary N) is 3. The van der Waals surface area contributed by atoms with Crippen LogP contribution < -0.4 is 16.0 Å². The summed E-state index contributed by atoms with van der Waals surface area (Å²) >= 11 is 0. The maximum absolute atomic E-state index is 12.4. The second-order valence-electron chi connectivity index (χ2n) is 4.99. The predicted molar refractivity (Wildman–Crippen MR) is 102 cm³/mol. The Morgan fingerprint density at radius 1 is 1.12 bits per heavy atom. The van der Waals surface area contributed by atoms with E-state index in [1.54, 1.807) is 7.05 Å². The molecular formula is C15H25F3IN5. The zero-order chi connectivity index (χ0) is 17.1. The molecule has 0 aromatic carbocycles. The van der Waals surface area contributed by atoms with Crippen LogP contribution in [0.3, 0.4) is 0 Å². The SMILES string of the molecule is CCCCNC(=NC)NCCCNc1ccc(C(F)(F)F)cn1.I. The van der Waals surface area contributed by atoms with Gasteiger partial charge in [0, 0.05) is 32.9 Å². The average Bonchev–Trinajstić information content (AvgIpc) is 2.52. The molecule has 1 rings (SSSR count). The highest BCUT2D eigenvalue weighted by Crippen LogP contribution is 2.28. The molecule has 0 aliphatic carbocycles. The third-order valence-electron chi connectivity index (χ3n) is 3.09. The normalized spacial score (nSPS) is 11.6. The molecule has 138 valence electrons. The number of nitrogens with zero attached hydrogens (tertiary/aromatic N) is 2. The number of pyridine rings is 1. The first-order chi connectivity index (χ1) is 11.0. The first-order valence-electron chi connectivity index (χ1n) is 7.69. The molecule has 1 heterocycles. The van der Waals surface area contributed by atoms with Crippen molar-refractivity contribution in [3.63, 3.8) is 0 Å². The largest absolute Gasteiger partial charge is 0.417 e. The van der Waals surface area contributed by atoms with E-state index in [0.29, 0.717) is 18.9 Å². The van der Waals surface area contributed by atoms with Crippen molar-refractivity contribution in [3.8, 4) is 0 Å². The molecule has 0 saturated carbocycles. The maximum atomic E-state index is 12.4. The van der Waals surface area contributed by atoms with E-state index >= 15 is 0 Å². The van der Waals surface area contributed by atoms with Gasteiger partial charge in [0.1, 0.15) is 5.82 Å². The van der Waals surface area contributed by atoms with Crippen molar-refractivity contribution in [3.05, 3.63) is 23.9 Å². The Hall–Kier alpha value is -1.26. The van der Waals surface area contributed by atoms with Crippen LogP contribution in [0, 0.1) is 0 Å². The minimum absolute atomic E-state index is 0.